The van der Waals surface area contributed by atoms with Gasteiger partial charge in [-0.15, -0.1) is 0 Å². The molecule has 0 fully saturated rings. The number of alkyl halides is 1. The van der Waals surface area contributed by atoms with E-state index in [9.17, 15) is 18.8 Å². The number of aliphatic carboxylic acids is 1. The molecule has 2 N–H and O–H groups in total. The van der Waals surface area contributed by atoms with Crippen LogP contribution in [-0.2, 0) is 19.9 Å². The Labute approximate surface area is 102 Å². The second-order valence-corrected chi connectivity index (χ2v) is 3.51. The molecule has 0 aliphatic heterocycles. The summed E-state index contributed by atoms with van der Waals surface area (Å²) in [6, 6.07) is 4.42. The van der Waals surface area contributed by atoms with E-state index >= 15 is 0 Å². The number of hydrogen-bond acceptors (Lipinski definition) is 4. The van der Waals surface area contributed by atoms with Crippen LogP contribution in [0.15, 0.2) is 24.4 Å². The van der Waals surface area contributed by atoms with Crippen LogP contribution < -0.4 is 5.32 Å². The van der Waals surface area contributed by atoms with Gasteiger partial charge in [-0.3, -0.25) is 19.4 Å². The number of ketones is 1. The van der Waals surface area contributed by atoms with Gasteiger partial charge in [0.25, 0.3) is 0 Å². The third kappa shape index (κ3) is 2.68. The summed E-state index contributed by atoms with van der Waals surface area (Å²) < 4.78 is 12.6. The van der Waals surface area contributed by atoms with Crippen LogP contribution in [0.3, 0.4) is 0 Å². The second-order valence-electron chi connectivity index (χ2n) is 3.51. The molecule has 0 saturated heterocycles. The summed E-state index contributed by atoms with van der Waals surface area (Å²) in [5.41, 5.74) is -1.98. The first-order chi connectivity index (χ1) is 8.56. The predicted molar refractivity (Wildman–Crippen MR) is 58.3 cm³/mol. The number of carboxylic acid groups (broad SMARTS) is 1. The molecule has 1 heterocycles. The first kappa shape index (κ1) is 13.8. The van der Waals surface area contributed by atoms with Crippen LogP contribution in [0.2, 0.25) is 0 Å². The lowest BCUT2D eigenvalue weighted by molar-refractivity contribution is -0.143. The van der Waals surface area contributed by atoms with Gasteiger partial charge >= 0.3 is 5.97 Å². The molecule has 0 radical (unpaired) electrons. The molecule has 0 aromatic carbocycles. The van der Waals surface area contributed by atoms with Crippen molar-refractivity contribution in [1.82, 2.24) is 10.3 Å². The zero-order valence-corrected chi connectivity index (χ0v) is 9.30. The third-order valence-corrected chi connectivity index (χ3v) is 2.42. The lowest BCUT2D eigenvalue weighted by Crippen LogP contribution is -2.51. The minimum atomic E-state index is -1.97. The van der Waals surface area contributed by atoms with E-state index < -0.39 is 30.4 Å². The van der Waals surface area contributed by atoms with Gasteiger partial charge < -0.3 is 10.4 Å². The van der Waals surface area contributed by atoms with Crippen LogP contribution in [-0.4, -0.2) is 34.9 Å². The van der Waals surface area contributed by atoms with E-state index in [0.717, 1.165) is 0 Å². The molecule has 1 aromatic rings. The van der Waals surface area contributed by atoms with Crippen molar-refractivity contribution in [2.24, 2.45) is 0 Å². The summed E-state index contributed by atoms with van der Waals surface area (Å²) in [7, 11) is 0. The number of nitrogens with one attached hydrogen (secondary N) is 1. The highest BCUT2D eigenvalue weighted by Crippen LogP contribution is 2.24. The number of hydrogen-bond donors (Lipinski definition) is 2. The van der Waals surface area contributed by atoms with Crippen molar-refractivity contribution in [2.75, 3.05) is 6.67 Å². The molecule has 1 rings (SSSR count). The van der Waals surface area contributed by atoms with Crippen molar-refractivity contribution in [1.29, 1.82) is 0 Å². The van der Waals surface area contributed by atoms with E-state index in [0.29, 0.717) is 0 Å². The molecule has 0 spiro atoms. The molecule has 96 valence electrons. The number of carbonyl (C=O) groups is 3. The lowest BCUT2D eigenvalue weighted by Gasteiger charge is -2.28. The minimum absolute atomic E-state index is 0.0119. The number of aromatic nitrogens is 1. The van der Waals surface area contributed by atoms with Crippen molar-refractivity contribution in [2.45, 2.75) is 12.0 Å². The first-order valence-electron chi connectivity index (χ1n) is 5.00. The Bertz CT molecular complexity index is 452. The molecular weight excluding hydrogens is 243 g/mol. The number of nitrogens with zero attached hydrogens (tertiary/aromatic N) is 1. The fourth-order valence-electron chi connectivity index (χ4n) is 1.59. The van der Waals surface area contributed by atoms with Crippen LogP contribution in [0, 0.1) is 0 Å². The molecule has 1 aromatic heterocycles. The smallest absolute Gasteiger partial charge is 0.306 e. The summed E-state index contributed by atoms with van der Waals surface area (Å²) in [6.45, 7) is -1.40. The van der Waals surface area contributed by atoms with E-state index in [-0.39, 0.29) is 12.1 Å². The Morgan fingerprint density at radius 2 is 2.22 bits per heavy atom. The van der Waals surface area contributed by atoms with Crippen molar-refractivity contribution >= 4 is 18.2 Å². The predicted octanol–water partition coefficient (Wildman–Crippen LogP) is 0.0362. The molecule has 0 bridgehead atoms. The lowest BCUT2D eigenvalue weighted by atomic mass is 9.86. The molecule has 1 amide bonds. The summed E-state index contributed by atoms with van der Waals surface area (Å²) in [6.07, 6.45) is 0.709. The molecular formula is C11H11FN2O4. The van der Waals surface area contributed by atoms with Gasteiger partial charge in [-0.05, 0) is 12.1 Å². The van der Waals surface area contributed by atoms with Gasteiger partial charge in [-0.1, -0.05) is 6.07 Å². The van der Waals surface area contributed by atoms with E-state index in [2.05, 4.69) is 10.3 Å². The standard InChI is InChI=1S/C11H11FN2O4/c12-6-9(16)11(14-7-15,5-10(17)18)8-3-1-2-4-13-8/h1-4,7H,5-6H2,(H,14,15)(H,17,18). The number of pyridine rings is 1. The molecule has 6 nitrogen and oxygen atoms in total. The molecule has 0 saturated carbocycles. The fourth-order valence-corrected chi connectivity index (χ4v) is 1.59. The van der Waals surface area contributed by atoms with Gasteiger partial charge in [0.1, 0.15) is 0 Å². The van der Waals surface area contributed by atoms with Crippen LogP contribution in [0.25, 0.3) is 0 Å². The Balaban J connectivity index is 3.32. The van der Waals surface area contributed by atoms with Crippen LogP contribution >= 0.6 is 0 Å². The molecule has 1 unspecified atom stereocenters. The van der Waals surface area contributed by atoms with E-state index in [1.165, 1.54) is 18.3 Å². The quantitative estimate of drug-likeness (QED) is 0.669. The van der Waals surface area contributed by atoms with Gasteiger partial charge in [0.05, 0.1) is 12.1 Å². The second kappa shape index (κ2) is 5.85. The number of amides is 1. The number of halogens is 1. The number of rotatable bonds is 7. The van der Waals surface area contributed by atoms with Gasteiger partial charge in [-0.2, -0.15) is 0 Å². The van der Waals surface area contributed by atoms with Crippen LogP contribution in [0.4, 0.5) is 4.39 Å². The van der Waals surface area contributed by atoms with Crippen molar-refractivity contribution in [3.63, 3.8) is 0 Å². The normalized spacial score (nSPS) is 13.4. The van der Waals surface area contributed by atoms with Crippen molar-refractivity contribution in [3.8, 4) is 0 Å². The third-order valence-electron chi connectivity index (χ3n) is 2.42. The van der Waals surface area contributed by atoms with E-state index in [1.807, 2.05) is 0 Å². The van der Waals surface area contributed by atoms with Gasteiger partial charge in [0.15, 0.2) is 18.0 Å². The zero-order chi connectivity index (χ0) is 13.6. The average molecular weight is 254 g/mol. The van der Waals surface area contributed by atoms with Gasteiger partial charge in [0.2, 0.25) is 6.41 Å². The molecule has 0 aliphatic rings. The zero-order valence-electron chi connectivity index (χ0n) is 9.30. The number of carboxylic acids is 1. The SMILES string of the molecule is O=CNC(CC(=O)O)(C(=O)CF)c1ccccn1. The first-order valence-corrected chi connectivity index (χ1v) is 5.00. The monoisotopic (exact) mass is 254 g/mol. The summed E-state index contributed by atoms with van der Waals surface area (Å²) in [5, 5.41) is 10.9. The van der Waals surface area contributed by atoms with Crippen LogP contribution in [0.1, 0.15) is 12.1 Å². The summed E-state index contributed by atoms with van der Waals surface area (Å²) >= 11 is 0. The highest BCUT2D eigenvalue weighted by atomic mass is 19.1. The topological polar surface area (TPSA) is 96.4 Å². The van der Waals surface area contributed by atoms with Crippen LogP contribution in [0.5, 0.6) is 0 Å². The largest absolute Gasteiger partial charge is 0.481 e. The van der Waals surface area contributed by atoms with Gasteiger partial charge in [-0.25, -0.2) is 4.39 Å². The molecule has 7 heteroatoms. The number of Topliss-reactive ketones (excluding diaryl/α,β-unsaturated/α-hetero) is 1. The average Bonchev–Trinajstić information content (AvgIpc) is 2.37. The van der Waals surface area contributed by atoms with Gasteiger partial charge in [0, 0.05) is 6.20 Å². The molecule has 1 atom stereocenters. The minimum Gasteiger partial charge on any atom is -0.481 e. The Morgan fingerprint density at radius 1 is 1.50 bits per heavy atom. The highest BCUT2D eigenvalue weighted by molar-refractivity contribution is 5.95. The highest BCUT2D eigenvalue weighted by Gasteiger charge is 2.43. The summed E-state index contributed by atoms with van der Waals surface area (Å²) in [4.78, 5) is 36.9. The number of carbonyl (C=O) groups excluding carboxylic acids is 2. The molecule has 0 aliphatic carbocycles. The van der Waals surface area contributed by atoms with Crippen molar-refractivity contribution < 1.29 is 23.9 Å². The Morgan fingerprint density at radius 3 is 2.67 bits per heavy atom. The van der Waals surface area contributed by atoms with Crippen molar-refractivity contribution in [3.05, 3.63) is 30.1 Å². The maximum Gasteiger partial charge on any atom is 0.306 e. The summed E-state index contributed by atoms with van der Waals surface area (Å²) in [5.74, 6) is -2.41. The Kier molecular flexibility index (Phi) is 4.47. The van der Waals surface area contributed by atoms with E-state index in [1.54, 1.807) is 6.07 Å². The fraction of sp³-hybridized carbons (Fsp3) is 0.273. The van der Waals surface area contributed by atoms with E-state index in [4.69, 9.17) is 5.11 Å². The maximum atomic E-state index is 12.6. The molecule has 18 heavy (non-hydrogen) atoms. The Hall–Kier alpha value is -2.31. The maximum absolute atomic E-state index is 12.6.